The third-order valence-electron chi connectivity index (χ3n) is 4.02. The van der Waals surface area contributed by atoms with Gasteiger partial charge in [0.15, 0.2) is 0 Å². The Hall–Kier alpha value is -2.51. The molecule has 1 heteroatoms. The molecular weight excluding hydrogens is 308 g/mol. The van der Waals surface area contributed by atoms with Gasteiger partial charge in [-0.15, -0.1) is 0 Å². The maximum absolute atomic E-state index is 9.15. The van der Waals surface area contributed by atoms with Crippen LogP contribution in [0.4, 0.5) is 0 Å². The Morgan fingerprint density at radius 3 is 1.46 bits per heavy atom. The predicted octanol–water partition coefficient (Wildman–Crippen LogP) is 6.60. The molecule has 4 rings (SSSR count). The molecule has 116 valence electrons. The molecule has 0 unspecified atom stereocenters. The van der Waals surface area contributed by atoms with Crippen molar-refractivity contribution in [3.8, 4) is 0 Å². The van der Waals surface area contributed by atoms with Crippen LogP contribution < -0.4 is 0 Å². The van der Waals surface area contributed by atoms with Crippen molar-refractivity contribution in [2.45, 2.75) is 5.89 Å². The average Bonchev–Trinajstić information content (AvgIpc) is 2.70. The van der Waals surface area contributed by atoms with Crippen LogP contribution in [0.25, 0.3) is 9.81 Å². The summed E-state index contributed by atoms with van der Waals surface area (Å²) < 4.78 is 9.15. The number of thioether (sulfide) groups is 1. The van der Waals surface area contributed by atoms with Crippen molar-refractivity contribution in [1.82, 2.24) is 0 Å². The van der Waals surface area contributed by atoms with Gasteiger partial charge < -0.3 is 0 Å². The van der Waals surface area contributed by atoms with Crippen molar-refractivity contribution in [1.29, 1.82) is 0 Å². The molecule has 0 nitrogen and oxygen atoms in total. The molecule has 3 aromatic rings. The summed E-state index contributed by atoms with van der Waals surface area (Å²) >= 11 is 1.74. The maximum Gasteiger partial charge on any atom is 0.0441 e. The fraction of sp³-hybridized carbons (Fsp3) is 0.0435. The second-order valence-electron chi connectivity index (χ2n) is 5.67. The average molecular weight is 327 g/mol. The zero-order valence-corrected chi connectivity index (χ0v) is 14.0. The highest BCUT2D eigenvalue weighted by atomic mass is 32.2. The Kier molecular flexibility index (Phi) is 4.02. The molecule has 0 fully saturated rings. The molecule has 0 radical (unpaired) electrons. The first-order valence-electron chi connectivity index (χ1n) is 8.54. The molecule has 0 N–H and O–H groups in total. The van der Waals surface area contributed by atoms with E-state index in [1.54, 1.807) is 11.8 Å². The smallest absolute Gasteiger partial charge is 0.0441 e. The van der Waals surface area contributed by atoms with Gasteiger partial charge in [0.1, 0.15) is 0 Å². The Labute approximate surface area is 149 Å². The molecule has 0 bridgehead atoms. The Morgan fingerprint density at radius 1 is 0.583 bits per heavy atom. The van der Waals surface area contributed by atoms with Crippen LogP contribution in [-0.2, 0) is 0 Å². The van der Waals surface area contributed by atoms with Crippen LogP contribution in [0.15, 0.2) is 103 Å². The van der Waals surface area contributed by atoms with E-state index >= 15 is 0 Å². The highest BCUT2D eigenvalue weighted by Gasteiger charge is 2.18. The lowest BCUT2D eigenvalue weighted by atomic mass is 9.96. The lowest BCUT2D eigenvalue weighted by molar-refractivity contribution is 1.09. The third kappa shape index (κ3) is 3.22. The number of rotatable bonds is 3. The molecule has 1 aliphatic heterocycles. The minimum absolute atomic E-state index is 0.872. The zero-order valence-electron chi connectivity index (χ0n) is 14.2. The van der Waals surface area contributed by atoms with Crippen molar-refractivity contribution in [2.75, 3.05) is 0 Å². The second-order valence-corrected chi connectivity index (χ2v) is 6.76. The van der Waals surface area contributed by atoms with E-state index in [9.17, 15) is 0 Å². The molecule has 0 amide bonds. The van der Waals surface area contributed by atoms with Crippen molar-refractivity contribution >= 4 is 21.6 Å². The molecule has 0 saturated carbocycles. The Balaban J connectivity index is 1.85. The van der Waals surface area contributed by atoms with E-state index in [2.05, 4.69) is 36.4 Å². The van der Waals surface area contributed by atoms with Crippen molar-refractivity contribution in [3.63, 3.8) is 0 Å². The molecular formula is C23H18S. The number of hydrogen-bond acceptors (Lipinski definition) is 1. The van der Waals surface area contributed by atoms with Crippen LogP contribution in [-0.4, -0.2) is 0 Å². The van der Waals surface area contributed by atoms with E-state index in [0.29, 0.717) is 0 Å². The summed E-state index contributed by atoms with van der Waals surface area (Å²) in [6.45, 7) is 0. The molecule has 0 saturated heterocycles. The highest BCUT2D eigenvalue weighted by Crippen LogP contribution is 2.46. The fourth-order valence-electron chi connectivity index (χ4n) is 2.79. The standard InChI is InChI=1S/C23H18S/c1-4-10-18(11-5-1)21-16-22(19-12-6-2-7-13-19)24-23(17-21)20-14-8-3-9-15-20/h1-17,21H/i21D. The predicted molar refractivity (Wildman–Crippen MR) is 106 cm³/mol. The molecule has 1 heterocycles. The topological polar surface area (TPSA) is 0 Å². The maximum atomic E-state index is 9.15. The van der Waals surface area contributed by atoms with E-state index in [-0.39, 0.29) is 0 Å². The minimum atomic E-state index is -0.872. The summed E-state index contributed by atoms with van der Waals surface area (Å²) in [5.74, 6) is -0.872. The van der Waals surface area contributed by atoms with Gasteiger partial charge in [-0.2, -0.15) is 0 Å². The number of allylic oxidation sites excluding steroid dienone is 2. The third-order valence-corrected chi connectivity index (χ3v) is 5.16. The van der Waals surface area contributed by atoms with Crippen LogP contribution in [0, 0.1) is 0 Å². The summed E-state index contributed by atoms with van der Waals surface area (Å²) in [7, 11) is 0. The molecule has 0 aliphatic carbocycles. The van der Waals surface area contributed by atoms with E-state index < -0.39 is 5.89 Å². The van der Waals surface area contributed by atoms with Gasteiger partial charge >= 0.3 is 0 Å². The van der Waals surface area contributed by atoms with Crippen LogP contribution in [0.2, 0.25) is 0 Å². The summed E-state index contributed by atoms with van der Waals surface area (Å²) in [5.41, 5.74) is 3.29. The molecule has 3 aromatic carbocycles. The quantitative estimate of drug-likeness (QED) is 0.522. The monoisotopic (exact) mass is 327 g/mol. The van der Waals surface area contributed by atoms with Crippen LogP contribution in [0.3, 0.4) is 0 Å². The minimum Gasteiger partial charge on any atom is -0.0894 e. The lowest BCUT2D eigenvalue weighted by Gasteiger charge is -2.21. The highest BCUT2D eigenvalue weighted by molar-refractivity contribution is 8.16. The summed E-state index contributed by atoms with van der Waals surface area (Å²) in [4.78, 5) is 2.25. The fourth-order valence-corrected chi connectivity index (χ4v) is 3.90. The summed E-state index contributed by atoms with van der Waals surface area (Å²) in [6, 6.07) is 30.7. The van der Waals surface area contributed by atoms with Gasteiger partial charge in [-0.05, 0) is 16.7 Å². The number of hydrogen-bond donors (Lipinski definition) is 0. The Bertz CT molecular complexity index is 857. The largest absolute Gasteiger partial charge is 0.0894 e. The zero-order chi connectivity index (χ0) is 17.1. The molecule has 1 aliphatic rings. The first-order valence-corrected chi connectivity index (χ1v) is 8.86. The van der Waals surface area contributed by atoms with Crippen LogP contribution in [0.5, 0.6) is 0 Å². The SMILES string of the molecule is [2H]C1(c2ccccc2)C=C(c2ccccc2)SC(c2ccccc2)=C1. The second kappa shape index (κ2) is 6.94. The summed E-state index contributed by atoms with van der Waals surface area (Å²) in [5, 5.41) is 0. The van der Waals surface area contributed by atoms with Crippen molar-refractivity contribution in [2.24, 2.45) is 0 Å². The normalized spacial score (nSPS) is 16.8. The van der Waals surface area contributed by atoms with E-state index in [4.69, 9.17) is 1.37 Å². The van der Waals surface area contributed by atoms with Crippen molar-refractivity contribution < 1.29 is 1.37 Å². The van der Waals surface area contributed by atoms with Gasteiger partial charge in [0.2, 0.25) is 0 Å². The van der Waals surface area contributed by atoms with E-state index in [1.807, 2.05) is 66.7 Å². The van der Waals surface area contributed by atoms with E-state index in [1.165, 1.54) is 0 Å². The van der Waals surface area contributed by atoms with Crippen LogP contribution in [0.1, 0.15) is 24.0 Å². The Morgan fingerprint density at radius 2 is 1.00 bits per heavy atom. The summed E-state index contributed by atoms with van der Waals surface area (Å²) in [6.07, 6.45) is 4.13. The molecule has 0 spiro atoms. The first kappa shape index (κ1) is 13.9. The molecule has 0 atom stereocenters. The van der Waals surface area contributed by atoms with Gasteiger partial charge in [0.05, 0.1) is 0 Å². The van der Waals surface area contributed by atoms with Gasteiger partial charge in [0, 0.05) is 17.1 Å². The van der Waals surface area contributed by atoms with Crippen LogP contribution >= 0.6 is 11.8 Å². The van der Waals surface area contributed by atoms with Gasteiger partial charge in [-0.25, -0.2) is 0 Å². The van der Waals surface area contributed by atoms with Gasteiger partial charge in [-0.1, -0.05) is 115 Å². The number of benzene rings is 3. The van der Waals surface area contributed by atoms with Gasteiger partial charge in [0.25, 0.3) is 0 Å². The molecule has 24 heavy (non-hydrogen) atoms. The van der Waals surface area contributed by atoms with Crippen molar-refractivity contribution in [3.05, 3.63) is 120 Å². The molecule has 0 aromatic heterocycles. The first-order chi connectivity index (χ1) is 12.2. The van der Waals surface area contributed by atoms with E-state index in [0.717, 1.165) is 26.5 Å². The lowest BCUT2D eigenvalue weighted by Crippen LogP contribution is -1.98. The van der Waals surface area contributed by atoms with Gasteiger partial charge in [-0.3, -0.25) is 0 Å².